The van der Waals surface area contributed by atoms with Crippen molar-refractivity contribution in [2.75, 3.05) is 13.7 Å². The van der Waals surface area contributed by atoms with Crippen molar-refractivity contribution in [3.8, 4) is 16.3 Å². The molecule has 1 fully saturated rings. The molecule has 134 valence electrons. The number of para-hydroxylation sites is 1. The zero-order valence-corrected chi connectivity index (χ0v) is 15.4. The normalized spacial score (nSPS) is 14.9. The molecular weight excluding hydrogens is 334 g/mol. The summed E-state index contributed by atoms with van der Waals surface area (Å²) in [5, 5.41) is 8.99. The Morgan fingerprint density at radius 3 is 2.88 bits per heavy atom. The fourth-order valence-electron chi connectivity index (χ4n) is 3.15. The van der Waals surface area contributed by atoms with Crippen molar-refractivity contribution < 1.29 is 9.53 Å². The molecule has 0 saturated heterocycles. The van der Waals surface area contributed by atoms with Gasteiger partial charge in [-0.1, -0.05) is 31.4 Å². The number of thiazole rings is 1. The highest BCUT2D eigenvalue weighted by Gasteiger charge is 2.15. The number of carbonyl (C=O) groups is 1. The monoisotopic (exact) mass is 359 g/mol. The summed E-state index contributed by atoms with van der Waals surface area (Å²) < 4.78 is 5.40. The van der Waals surface area contributed by atoms with Crippen molar-refractivity contribution in [2.45, 2.75) is 44.6 Å². The van der Waals surface area contributed by atoms with Crippen LogP contribution >= 0.6 is 11.3 Å². The van der Waals surface area contributed by atoms with Crippen molar-refractivity contribution in [2.24, 2.45) is 0 Å². The van der Waals surface area contributed by atoms with Gasteiger partial charge in [0, 0.05) is 24.4 Å². The van der Waals surface area contributed by atoms with E-state index in [9.17, 15) is 4.79 Å². The lowest BCUT2D eigenvalue weighted by atomic mass is 9.96. The summed E-state index contributed by atoms with van der Waals surface area (Å²) in [6.07, 6.45) is 6.65. The van der Waals surface area contributed by atoms with Crippen LogP contribution < -0.4 is 15.4 Å². The first-order valence-electron chi connectivity index (χ1n) is 8.88. The van der Waals surface area contributed by atoms with Crippen LogP contribution in [0.4, 0.5) is 4.79 Å². The lowest BCUT2D eigenvalue weighted by molar-refractivity contribution is 0.233. The molecule has 0 aliphatic heterocycles. The number of hydrogen-bond acceptors (Lipinski definition) is 4. The topological polar surface area (TPSA) is 63.2 Å². The predicted octanol–water partition coefficient (Wildman–Crippen LogP) is 3.99. The molecule has 5 nitrogen and oxygen atoms in total. The summed E-state index contributed by atoms with van der Waals surface area (Å²) in [6, 6.07) is 8.16. The van der Waals surface area contributed by atoms with Crippen LogP contribution in [0.15, 0.2) is 29.6 Å². The van der Waals surface area contributed by atoms with Gasteiger partial charge in [-0.15, -0.1) is 11.3 Å². The van der Waals surface area contributed by atoms with Crippen LogP contribution in [-0.4, -0.2) is 30.7 Å². The van der Waals surface area contributed by atoms with E-state index in [4.69, 9.17) is 4.74 Å². The van der Waals surface area contributed by atoms with Crippen molar-refractivity contribution >= 4 is 17.4 Å². The van der Waals surface area contributed by atoms with E-state index in [0.717, 1.165) is 41.3 Å². The summed E-state index contributed by atoms with van der Waals surface area (Å²) in [6.45, 7) is 0.591. The van der Waals surface area contributed by atoms with Gasteiger partial charge in [-0.2, -0.15) is 0 Å². The summed E-state index contributed by atoms with van der Waals surface area (Å²) in [4.78, 5) is 16.6. The van der Waals surface area contributed by atoms with Crippen LogP contribution in [0.3, 0.4) is 0 Å². The number of amides is 2. The smallest absolute Gasteiger partial charge is 0.315 e. The lowest BCUT2D eigenvalue weighted by Crippen LogP contribution is -2.43. The number of nitrogens with zero attached hydrogens (tertiary/aromatic N) is 1. The second-order valence-corrected chi connectivity index (χ2v) is 7.19. The molecule has 2 amide bonds. The second kappa shape index (κ2) is 8.85. The SMILES string of the molecule is COc1ccccc1-c1nc(CCNC(=O)NC2CCCCC2)cs1. The van der Waals surface area contributed by atoms with Crippen molar-refractivity contribution in [3.63, 3.8) is 0 Å². The Hall–Kier alpha value is -2.08. The van der Waals surface area contributed by atoms with E-state index in [0.29, 0.717) is 12.6 Å². The minimum absolute atomic E-state index is 0.0629. The van der Waals surface area contributed by atoms with Gasteiger partial charge in [-0.25, -0.2) is 9.78 Å². The van der Waals surface area contributed by atoms with Crippen LogP contribution in [0.2, 0.25) is 0 Å². The van der Waals surface area contributed by atoms with Gasteiger partial charge in [-0.05, 0) is 25.0 Å². The number of carbonyl (C=O) groups excluding carboxylic acids is 1. The Kier molecular flexibility index (Phi) is 6.28. The third-order valence-electron chi connectivity index (χ3n) is 4.50. The molecule has 0 bridgehead atoms. The van der Waals surface area contributed by atoms with Gasteiger partial charge in [0.05, 0.1) is 18.4 Å². The van der Waals surface area contributed by atoms with Crippen LogP contribution in [0.1, 0.15) is 37.8 Å². The zero-order valence-electron chi connectivity index (χ0n) is 14.6. The molecule has 6 heteroatoms. The Labute approximate surface area is 152 Å². The fourth-order valence-corrected chi connectivity index (χ4v) is 4.04. The van der Waals surface area contributed by atoms with E-state index < -0.39 is 0 Å². The first kappa shape index (κ1) is 17.7. The molecule has 2 N–H and O–H groups in total. The molecule has 1 aliphatic carbocycles. The molecule has 1 aromatic heterocycles. The molecule has 0 unspecified atom stereocenters. The number of methoxy groups -OCH3 is 1. The molecule has 0 atom stereocenters. The van der Waals surface area contributed by atoms with Crippen molar-refractivity contribution in [1.82, 2.24) is 15.6 Å². The standard InChI is InChI=1S/C19H25N3O2S/c1-24-17-10-6-5-9-16(17)18-21-15(13-25-18)11-12-20-19(23)22-14-7-3-2-4-8-14/h5-6,9-10,13-14H,2-4,7-8,11-12H2,1H3,(H2,20,22,23). The third-order valence-corrected chi connectivity index (χ3v) is 5.42. The van der Waals surface area contributed by atoms with E-state index in [1.54, 1.807) is 18.4 Å². The van der Waals surface area contributed by atoms with Gasteiger partial charge in [-0.3, -0.25) is 0 Å². The van der Waals surface area contributed by atoms with Crippen LogP contribution in [0.5, 0.6) is 5.75 Å². The molecule has 0 spiro atoms. The predicted molar refractivity (Wildman–Crippen MR) is 101 cm³/mol. The summed E-state index contributed by atoms with van der Waals surface area (Å²) >= 11 is 1.60. The van der Waals surface area contributed by atoms with Crippen LogP contribution in [-0.2, 0) is 6.42 Å². The molecule has 1 aliphatic rings. The first-order valence-corrected chi connectivity index (χ1v) is 9.76. The summed E-state index contributed by atoms with van der Waals surface area (Å²) in [7, 11) is 1.67. The quantitative estimate of drug-likeness (QED) is 0.820. The molecule has 25 heavy (non-hydrogen) atoms. The van der Waals surface area contributed by atoms with E-state index in [2.05, 4.69) is 15.6 Å². The Morgan fingerprint density at radius 1 is 1.28 bits per heavy atom. The highest BCUT2D eigenvalue weighted by Crippen LogP contribution is 2.31. The number of urea groups is 1. The minimum Gasteiger partial charge on any atom is -0.496 e. The fraction of sp³-hybridized carbons (Fsp3) is 0.474. The molecule has 1 aromatic carbocycles. The minimum atomic E-state index is -0.0629. The highest BCUT2D eigenvalue weighted by molar-refractivity contribution is 7.13. The lowest BCUT2D eigenvalue weighted by Gasteiger charge is -2.22. The summed E-state index contributed by atoms with van der Waals surface area (Å²) in [5.41, 5.74) is 1.99. The third kappa shape index (κ3) is 4.95. The number of aromatic nitrogens is 1. The van der Waals surface area contributed by atoms with Gasteiger partial charge >= 0.3 is 6.03 Å². The maximum absolute atomic E-state index is 12.0. The number of rotatable bonds is 6. The van der Waals surface area contributed by atoms with E-state index in [1.165, 1.54) is 19.3 Å². The van der Waals surface area contributed by atoms with Gasteiger partial charge < -0.3 is 15.4 Å². The van der Waals surface area contributed by atoms with E-state index >= 15 is 0 Å². The van der Waals surface area contributed by atoms with Gasteiger partial charge in [0.15, 0.2) is 0 Å². The Bertz CT molecular complexity index is 695. The number of hydrogen-bond donors (Lipinski definition) is 2. The molecular formula is C19H25N3O2S. The molecule has 3 rings (SSSR count). The number of benzene rings is 1. The average Bonchev–Trinajstić information content (AvgIpc) is 3.11. The number of nitrogens with one attached hydrogen (secondary N) is 2. The highest BCUT2D eigenvalue weighted by atomic mass is 32.1. The van der Waals surface area contributed by atoms with Crippen LogP contribution in [0.25, 0.3) is 10.6 Å². The number of ether oxygens (including phenoxy) is 1. The molecule has 1 saturated carbocycles. The van der Waals surface area contributed by atoms with Crippen LogP contribution in [0, 0.1) is 0 Å². The Morgan fingerprint density at radius 2 is 2.08 bits per heavy atom. The van der Waals surface area contributed by atoms with Gasteiger partial charge in [0.2, 0.25) is 0 Å². The van der Waals surface area contributed by atoms with Crippen molar-refractivity contribution in [1.29, 1.82) is 0 Å². The first-order chi connectivity index (χ1) is 12.3. The van der Waals surface area contributed by atoms with E-state index in [-0.39, 0.29) is 6.03 Å². The maximum atomic E-state index is 12.0. The Balaban J connectivity index is 1.48. The van der Waals surface area contributed by atoms with Crippen molar-refractivity contribution in [3.05, 3.63) is 35.3 Å². The largest absolute Gasteiger partial charge is 0.496 e. The molecule has 0 radical (unpaired) electrons. The maximum Gasteiger partial charge on any atom is 0.315 e. The van der Waals surface area contributed by atoms with Gasteiger partial charge in [0.1, 0.15) is 10.8 Å². The summed E-state index contributed by atoms with van der Waals surface area (Å²) in [5.74, 6) is 0.827. The molecule has 1 heterocycles. The average molecular weight is 359 g/mol. The molecule has 2 aromatic rings. The van der Waals surface area contributed by atoms with Gasteiger partial charge in [0.25, 0.3) is 0 Å². The second-order valence-electron chi connectivity index (χ2n) is 6.33. The zero-order chi connectivity index (χ0) is 17.5. The van der Waals surface area contributed by atoms with E-state index in [1.807, 2.05) is 29.6 Å².